The molecular weight excluding hydrogens is 484 g/mol. The third-order valence-electron chi connectivity index (χ3n) is 6.30. The molecule has 0 radical (unpaired) electrons. The number of hydrogen-bond acceptors (Lipinski definition) is 5. The van der Waals surface area contributed by atoms with E-state index in [0.29, 0.717) is 30.8 Å². The molecule has 1 aliphatic rings. The average Bonchev–Trinajstić information content (AvgIpc) is 2.86. The van der Waals surface area contributed by atoms with Crippen LogP contribution in [0.1, 0.15) is 34.6 Å². The van der Waals surface area contributed by atoms with Crippen molar-refractivity contribution in [1.29, 1.82) is 0 Å². The number of aryl methyl sites for hydroxylation is 1. The number of anilines is 2. The van der Waals surface area contributed by atoms with Crippen molar-refractivity contribution in [2.24, 2.45) is 0 Å². The van der Waals surface area contributed by atoms with Crippen LogP contribution in [0.5, 0.6) is 0 Å². The minimum Gasteiger partial charge on any atom is -0.324 e. The number of hydrogen-bond donors (Lipinski definition) is 2. The summed E-state index contributed by atoms with van der Waals surface area (Å²) in [5.74, 6) is -1.72. The van der Waals surface area contributed by atoms with E-state index in [9.17, 15) is 17.2 Å². The van der Waals surface area contributed by atoms with Crippen molar-refractivity contribution < 1.29 is 21.8 Å². The normalized spacial score (nSPS) is 14.7. The number of fused-ring (bicyclic) bond motifs is 3. The Morgan fingerprint density at radius 2 is 1.78 bits per heavy atom. The van der Waals surface area contributed by atoms with Gasteiger partial charge in [-0.15, -0.1) is 0 Å². The van der Waals surface area contributed by atoms with Crippen molar-refractivity contribution in [2.45, 2.75) is 25.2 Å². The summed E-state index contributed by atoms with van der Waals surface area (Å²) < 4.78 is 58.1. The van der Waals surface area contributed by atoms with Crippen LogP contribution < -0.4 is 5.32 Å². The van der Waals surface area contributed by atoms with Gasteiger partial charge in [-0.1, -0.05) is 42.5 Å². The van der Waals surface area contributed by atoms with Gasteiger partial charge in [0.2, 0.25) is 5.95 Å². The number of nitrogens with one attached hydrogen (secondary N) is 1. The second-order valence-electron chi connectivity index (χ2n) is 8.80. The summed E-state index contributed by atoms with van der Waals surface area (Å²) in [5, 5.41) is 3.20. The maximum absolute atomic E-state index is 14.0. The fourth-order valence-electron chi connectivity index (χ4n) is 4.57. The second-order valence-corrected chi connectivity index (χ2v) is 10.4. The van der Waals surface area contributed by atoms with Gasteiger partial charge in [-0.3, -0.25) is 4.55 Å². The number of nitrogens with zero attached hydrogens (tertiary/aromatic N) is 2. The second kappa shape index (κ2) is 9.75. The SMILES string of the molecule is O=S(=O)(O)CCCc1ccc(Nc2ncc3c(n2)-c2ccccc2[C@H](c2ccc(F)c(F)c2)C3)cc1. The Hall–Kier alpha value is -3.69. The Labute approximate surface area is 207 Å². The van der Waals surface area contributed by atoms with E-state index in [2.05, 4.69) is 10.3 Å². The predicted octanol–water partition coefficient (Wildman–Crippen LogP) is 5.67. The summed E-state index contributed by atoms with van der Waals surface area (Å²) in [6.45, 7) is 0. The number of halogens is 2. The summed E-state index contributed by atoms with van der Waals surface area (Å²) in [6.07, 6.45) is 3.20. The minimum atomic E-state index is -3.96. The molecule has 0 spiro atoms. The Bertz CT molecular complexity index is 1530. The summed E-state index contributed by atoms with van der Waals surface area (Å²) in [7, 11) is -3.96. The molecule has 0 unspecified atom stereocenters. The molecule has 0 saturated heterocycles. The Morgan fingerprint density at radius 1 is 1.00 bits per heavy atom. The molecule has 3 aromatic carbocycles. The fraction of sp³-hybridized carbons (Fsp3) is 0.185. The van der Waals surface area contributed by atoms with Crippen molar-refractivity contribution in [3.8, 4) is 11.3 Å². The van der Waals surface area contributed by atoms with Crippen LogP contribution in [0.3, 0.4) is 0 Å². The van der Waals surface area contributed by atoms with E-state index in [1.165, 1.54) is 6.07 Å². The molecule has 9 heteroatoms. The van der Waals surface area contributed by atoms with Gasteiger partial charge in [-0.2, -0.15) is 8.42 Å². The first kappa shape index (κ1) is 24.0. The van der Waals surface area contributed by atoms with Crippen LogP contribution in [-0.2, 0) is 23.0 Å². The molecular formula is C27H23F2N3O3S. The van der Waals surface area contributed by atoms with Crippen molar-refractivity contribution >= 4 is 21.8 Å². The zero-order valence-electron chi connectivity index (χ0n) is 19.2. The standard InChI is InChI=1S/C27H23F2N3O3S/c28-24-12-9-18(15-25(24)29)23-14-19-16-30-27(32-26(19)22-6-2-1-5-21(22)23)31-20-10-7-17(8-11-20)4-3-13-36(33,34)35/h1-2,5-12,15-16,23H,3-4,13-14H2,(H,30,31,32)(H,33,34,35)/t23-/m0/s1. The lowest BCUT2D eigenvalue weighted by molar-refractivity contribution is 0.481. The molecule has 184 valence electrons. The monoisotopic (exact) mass is 507 g/mol. The Kier molecular flexibility index (Phi) is 6.51. The molecule has 36 heavy (non-hydrogen) atoms. The van der Waals surface area contributed by atoms with Crippen molar-refractivity contribution in [2.75, 3.05) is 11.1 Å². The molecule has 2 N–H and O–H groups in total. The lowest BCUT2D eigenvalue weighted by Crippen LogP contribution is -2.15. The first-order chi connectivity index (χ1) is 17.3. The van der Waals surface area contributed by atoms with E-state index in [1.807, 2.05) is 48.5 Å². The van der Waals surface area contributed by atoms with E-state index in [1.54, 1.807) is 12.3 Å². The molecule has 0 saturated carbocycles. The smallest absolute Gasteiger partial charge is 0.264 e. The number of benzene rings is 3. The molecule has 1 aromatic heterocycles. The van der Waals surface area contributed by atoms with Crippen LogP contribution in [0.4, 0.5) is 20.4 Å². The fourth-order valence-corrected chi connectivity index (χ4v) is 5.07. The quantitative estimate of drug-likeness (QED) is 0.313. The van der Waals surface area contributed by atoms with Crippen LogP contribution in [0.15, 0.2) is 72.9 Å². The Morgan fingerprint density at radius 3 is 2.53 bits per heavy atom. The van der Waals surface area contributed by atoms with Gasteiger partial charge in [0.15, 0.2) is 11.6 Å². The van der Waals surface area contributed by atoms with Crippen molar-refractivity contribution in [3.63, 3.8) is 0 Å². The molecule has 0 bridgehead atoms. The molecule has 5 rings (SSSR count). The largest absolute Gasteiger partial charge is 0.324 e. The zero-order chi connectivity index (χ0) is 25.3. The van der Waals surface area contributed by atoms with Crippen molar-refractivity contribution in [3.05, 3.63) is 107 Å². The Balaban J connectivity index is 1.37. The van der Waals surface area contributed by atoms with Gasteiger partial charge in [0.05, 0.1) is 11.4 Å². The highest BCUT2D eigenvalue weighted by Crippen LogP contribution is 2.42. The lowest BCUT2D eigenvalue weighted by atomic mass is 9.78. The van der Waals surface area contributed by atoms with Gasteiger partial charge in [-0.05, 0) is 65.8 Å². The van der Waals surface area contributed by atoms with Crippen LogP contribution >= 0.6 is 0 Å². The minimum absolute atomic E-state index is 0.139. The van der Waals surface area contributed by atoms with Crippen LogP contribution in [-0.4, -0.2) is 28.7 Å². The number of aromatic nitrogens is 2. The van der Waals surface area contributed by atoms with Gasteiger partial charge in [-0.25, -0.2) is 18.7 Å². The van der Waals surface area contributed by atoms with Crippen LogP contribution in [0, 0.1) is 11.6 Å². The molecule has 0 aliphatic heterocycles. The van der Waals surface area contributed by atoms with Crippen LogP contribution in [0.2, 0.25) is 0 Å². The number of rotatable bonds is 7. The highest BCUT2D eigenvalue weighted by atomic mass is 32.2. The molecule has 6 nitrogen and oxygen atoms in total. The van der Waals surface area contributed by atoms with Gasteiger partial charge >= 0.3 is 0 Å². The van der Waals surface area contributed by atoms with E-state index in [0.717, 1.165) is 39.7 Å². The first-order valence-electron chi connectivity index (χ1n) is 11.5. The highest BCUT2D eigenvalue weighted by molar-refractivity contribution is 7.85. The molecule has 1 aliphatic carbocycles. The van der Waals surface area contributed by atoms with Gasteiger partial charge in [0.1, 0.15) is 0 Å². The summed E-state index contributed by atoms with van der Waals surface area (Å²) in [4.78, 5) is 9.23. The van der Waals surface area contributed by atoms with E-state index in [-0.39, 0.29) is 11.7 Å². The summed E-state index contributed by atoms with van der Waals surface area (Å²) in [5.41, 5.74) is 6.06. The van der Waals surface area contributed by atoms with Crippen LogP contribution in [0.25, 0.3) is 11.3 Å². The lowest BCUT2D eigenvalue weighted by Gasteiger charge is -2.27. The molecule has 1 heterocycles. The maximum atomic E-state index is 14.0. The van der Waals surface area contributed by atoms with E-state index < -0.39 is 21.8 Å². The maximum Gasteiger partial charge on any atom is 0.264 e. The predicted molar refractivity (Wildman–Crippen MR) is 134 cm³/mol. The highest BCUT2D eigenvalue weighted by Gasteiger charge is 2.28. The van der Waals surface area contributed by atoms with Crippen molar-refractivity contribution in [1.82, 2.24) is 9.97 Å². The summed E-state index contributed by atoms with van der Waals surface area (Å²) in [6, 6.07) is 19.3. The molecule has 0 amide bonds. The van der Waals surface area contributed by atoms with E-state index in [4.69, 9.17) is 9.54 Å². The zero-order valence-corrected chi connectivity index (χ0v) is 20.0. The average molecular weight is 508 g/mol. The summed E-state index contributed by atoms with van der Waals surface area (Å²) >= 11 is 0. The van der Waals surface area contributed by atoms with Gasteiger partial charge < -0.3 is 5.32 Å². The third-order valence-corrected chi connectivity index (χ3v) is 7.11. The van der Waals surface area contributed by atoms with Gasteiger partial charge in [0, 0.05) is 23.4 Å². The molecule has 0 fully saturated rings. The van der Waals surface area contributed by atoms with E-state index >= 15 is 0 Å². The van der Waals surface area contributed by atoms with Gasteiger partial charge in [0.25, 0.3) is 10.1 Å². The first-order valence-corrected chi connectivity index (χ1v) is 13.1. The molecule has 4 aromatic rings. The molecule has 1 atom stereocenters. The topological polar surface area (TPSA) is 92.2 Å². The third kappa shape index (κ3) is 5.27.